The first-order chi connectivity index (χ1) is 9.10. The molecule has 5 heteroatoms. The second-order valence-electron chi connectivity index (χ2n) is 4.21. The third kappa shape index (κ3) is 3.50. The van der Waals surface area contributed by atoms with Gasteiger partial charge in [0, 0.05) is 5.02 Å². The topological polar surface area (TPSA) is 38.0 Å². The Morgan fingerprint density at radius 3 is 2.32 bits per heavy atom. The summed E-state index contributed by atoms with van der Waals surface area (Å²) >= 11 is 6.01. The monoisotopic (exact) mass is 282 g/mol. The number of nitrogens with one attached hydrogen (secondary N) is 1. The zero-order valence-corrected chi connectivity index (χ0v) is 10.8. The zero-order chi connectivity index (χ0) is 13.8. The van der Waals surface area contributed by atoms with Crippen LogP contribution in [0.2, 0.25) is 5.02 Å². The largest absolute Gasteiger partial charge is 0.271 e. The molecule has 2 aromatic carbocycles. The number of benzene rings is 2. The minimum Gasteiger partial charge on any atom is -0.271 e. The van der Waals surface area contributed by atoms with Crippen molar-refractivity contribution in [2.45, 2.75) is 12.5 Å². The van der Waals surface area contributed by atoms with Crippen LogP contribution in [0.15, 0.2) is 42.5 Å². The average molecular weight is 283 g/mol. The molecule has 0 saturated heterocycles. The Kier molecular flexibility index (Phi) is 4.47. The van der Waals surface area contributed by atoms with E-state index in [1.165, 1.54) is 30.3 Å². The zero-order valence-electron chi connectivity index (χ0n) is 10.0. The summed E-state index contributed by atoms with van der Waals surface area (Å²) in [4.78, 5) is 0. The standard InChI is InChI=1S/C14H13ClF2N2/c15-13-6-5-12(17)7-10(13)8-14(19-18)9-1-3-11(16)4-2-9/h1-7,14,19H,8,18H2. The van der Waals surface area contributed by atoms with Gasteiger partial charge in [0.05, 0.1) is 6.04 Å². The Bertz CT molecular complexity index is 558. The minimum atomic E-state index is -0.353. The van der Waals surface area contributed by atoms with Gasteiger partial charge in [0.1, 0.15) is 11.6 Å². The van der Waals surface area contributed by atoms with E-state index in [1.54, 1.807) is 12.1 Å². The van der Waals surface area contributed by atoms with Crippen molar-refractivity contribution in [2.75, 3.05) is 0 Å². The van der Waals surface area contributed by atoms with Crippen molar-refractivity contribution in [1.29, 1.82) is 0 Å². The maximum absolute atomic E-state index is 13.2. The highest BCUT2D eigenvalue weighted by Gasteiger charge is 2.13. The quantitative estimate of drug-likeness (QED) is 0.666. The molecule has 0 aliphatic rings. The summed E-state index contributed by atoms with van der Waals surface area (Å²) < 4.78 is 26.1. The van der Waals surface area contributed by atoms with Gasteiger partial charge in [-0.15, -0.1) is 0 Å². The molecule has 0 heterocycles. The molecule has 2 nitrogen and oxygen atoms in total. The van der Waals surface area contributed by atoms with E-state index in [0.29, 0.717) is 17.0 Å². The number of rotatable bonds is 4. The fourth-order valence-electron chi connectivity index (χ4n) is 1.89. The van der Waals surface area contributed by atoms with Crippen LogP contribution in [0.1, 0.15) is 17.2 Å². The van der Waals surface area contributed by atoms with Crippen molar-refractivity contribution in [3.05, 3.63) is 70.2 Å². The third-order valence-corrected chi connectivity index (χ3v) is 3.27. The number of nitrogens with two attached hydrogens (primary N) is 1. The lowest BCUT2D eigenvalue weighted by Crippen LogP contribution is -2.29. The second-order valence-corrected chi connectivity index (χ2v) is 4.62. The fraction of sp³-hybridized carbons (Fsp3) is 0.143. The van der Waals surface area contributed by atoms with Gasteiger partial charge in [0.2, 0.25) is 0 Å². The summed E-state index contributed by atoms with van der Waals surface area (Å²) in [6, 6.07) is 9.88. The molecule has 0 saturated carbocycles. The van der Waals surface area contributed by atoms with Gasteiger partial charge in [-0.05, 0) is 47.9 Å². The van der Waals surface area contributed by atoms with Crippen molar-refractivity contribution < 1.29 is 8.78 Å². The summed E-state index contributed by atoms with van der Waals surface area (Å²) in [5, 5.41) is 0.476. The van der Waals surface area contributed by atoms with Crippen molar-refractivity contribution in [3.63, 3.8) is 0 Å². The fourth-order valence-corrected chi connectivity index (χ4v) is 2.08. The molecule has 3 N–H and O–H groups in total. The highest BCUT2D eigenvalue weighted by molar-refractivity contribution is 6.31. The van der Waals surface area contributed by atoms with E-state index in [2.05, 4.69) is 5.43 Å². The first-order valence-electron chi connectivity index (χ1n) is 5.75. The summed E-state index contributed by atoms with van der Waals surface area (Å²) in [5.74, 6) is 4.83. The Morgan fingerprint density at radius 1 is 1.05 bits per heavy atom. The Labute approximate surface area is 115 Å². The number of halogens is 3. The van der Waals surface area contributed by atoms with Gasteiger partial charge in [-0.25, -0.2) is 8.78 Å². The molecular formula is C14H13ClF2N2. The predicted octanol–water partition coefficient (Wildman–Crippen LogP) is 3.37. The van der Waals surface area contributed by atoms with Gasteiger partial charge in [-0.3, -0.25) is 11.3 Å². The normalized spacial score (nSPS) is 12.4. The van der Waals surface area contributed by atoms with Crippen LogP contribution in [0.3, 0.4) is 0 Å². The Morgan fingerprint density at radius 2 is 1.68 bits per heavy atom. The molecule has 0 aliphatic carbocycles. The first-order valence-corrected chi connectivity index (χ1v) is 6.13. The van der Waals surface area contributed by atoms with Gasteiger partial charge in [0.25, 0.3) is 0 Å². The van der Waals surface area contributed by atoms with E-state index in [1.807, 2.05) is 0 Å². The molecule has 0 bridgehead atoms. The van der Waals surface area contributed by atoms with E-state index >= 15 is 0 Å². The van der Waals surface area contributed by atoms with Crippen LogP contribution in [0, 0.1) is 11.6 Å². The average Bonchev–Trinajstić information content (AvgIpc) is 2.41. The van der Waals surface area contributed by atoms with Crippen LogP contribution in [0.5, 0.6) is 0 Å². The van der Waals surface area contributed by atoms with Crippen LogP contribution in [0.25, 0.3) is 0 Å². The van der Waals surface area contributed by atoms with Crippen LogP contribution in [-0.4, -0.2) is 0 Å². The van der Waals surface area contributed by atoms with Gasteiger partial charge in [0.15, 0.2) is 0 Å². The molecule has 1 atom stereocenters. The summed E-state index contributed by atoms with van der Waals surface area (Å²) in [5.41, 5.74) is 4.09. The number of hydrazine groups is 1. The lowest BCUT2D eigenvalue weighted by molar-refractivity contribution is 0.546. The highest BCUT2D eigenvalue weighted by Crippen LogP contribution is 2.24. The van der Waals surface area contributed by atoms with E-state index in [9.17, 15) is 8.78 Å². The molecule has 2 aromatic rings. The molecular weight excluding hydrogens is 270 g/mol. The molecule has 2 rings (SSSR count). The SMILES string of the molecule is NNC(Cc1cc(F)ccc1Cl)c1ccc(F)cc1. The summed E-state index contributed by atoms with van der Waals surface area (Å²) in [7, 11) is 0. The molecule has 19 heavy (non-hydrogen) atoms. The molecule has 0 aromatic heterocycles. The van der Waals surface area contributed by atoms with Crippen LogP contribution in [0.4, 0.5) is 8.78 Å². The molecule has 0 aliphatic heterocycles. The van der Waals surface area contributed by atoms with Gasteiger partial charge in [-0.2, -0.15) is 0 Å². The minimum absolute atomic E-state index is 0.264. The third-order valence-electron chi connectivity index (χ3n) is 2.91. The number of hydrogen-bond donors (Lipinski definition) is 2. The Balaban J connectivity index is 2.23. The van der Waals surface area contributed by atoms with Gasteiger partial charge in [-0.1, -0.05) is 23.7 Å². The molecule has 0 spiro atoms. The van der Waals surface area contributed by atoms with Crippen molar-refractivity contribution >= 4 is 11.6 Å². The molecule has 0 fully saturated rings. The van der Waals surface area contributed by atoms with Crippen LogP contribution < -0.4 is 11.3 Å². The smallest absolute Gasteiger partial charge is 0.123 e. The van der Waals surface area contributed by atoms with Crippen LogP contribution in [-0.2, 0) is 6.42 Å². The summed E-state index contributed by atoms with van der Waals surface area (Å²) in [6.07, 6.45) is 0.415. The lowest BCUT2D eigenvalue weighted by atomic mass is 9.99. The van der Waals surface area contributed by atoms with E-state index in [0.717, 1.165) is 5.56 Å². The molecule has 1 unspecified atom stereocenters. The Hall–Kier alpha value is -1.49. The number of hydrogen-bond acceptors (Lipinski definition) is 2. The van der Waals surface area contributed by atoms with E-state index < -0.39 is 0 Å². The van der Waals surface area contributed by atoms with E-state index in [4.69, 9.17) is 17.4 Å². The molecule has 0 radical (unpaired) electrons. The van der Waals surface area contributed by atoms with Crippen molar-refractivity contribution in [2.24, 2.45) is 5.84 Å². The van der Waals surface area contributed by atoms with E-state index in [-0.39, 0.29) is 17.7 Å². The maximum atomic E-state index is 13.2. The maximum Gasteiger partial charge on any atom is 0.123 e. The first kappa shape index (κ1) is 13.9. The lowest BCUT2D eigenvalue weighted by Gasteiger charge is -2.17. The van der Waals surface area contributed by atoms with Crippen LogP contribution >= 0.6 is 11.6 Å². The molecule has 100 valence electrons. The van der Waals surface area contributed by atoms with Gasteiger partial charge < -0.3 is 0 Å². The van der Waals surface area contributed by atoms with Crippen molar-refractivity contribution in [3.8, 4) is 0 Å². The predicted molar refractivity (Wildman–Crippen MR) is 71.6 cm³/mol. The highest BCUT2D eigenvalue weighted by atomic mass is 35.5. The van der Waals surface area contributed by atoms with Crippen molar-refractivity contribution in [1.82, 2.24) is 5.43 Å². The van der Waals surface area contributed by atoms with Gasteiger partial charge >= 0.3 is 0 Å². The second kappa shape index (κ2) is 6.10. The molecule has 0 amide bonds. The summed E-state index contributed by atoms with van der Waals surface area (Å²) in [6.45, 7) is 0.